The lowest BCUT2D eigenvalue weighted by Gasteiger charge is -2.37. The van der Waals surface area contributed by atoms with Gasteiger partial charge in [0.2, 0.25) is 0 Å². The number of hydrogen-bond acceptors (Lipinski definition) is 4. The summed E-state index contributed by atoms with van der Waals surface area (Å²) in [6.45, 7) is 11.8. The molecule has 1 heterocycles. The first-order valence-electron chi connectivity index (χ1n) is 8.38. The second-order valence-corrected chi connectivity index (χ2v) is 7.13. The highest BCUT2D eigenvalue weighted by atomic mass is 16.4. The fourth-order valence-electron chi connectivity index (χ4n) is 3.08. The van der Waals surface area contributed by atoms with E-state index in [1.165, 1.54) is 0 Å². The van der Waals surface area contributed by atoms with Crippen LogP contribution in [0.15, 0.2) is 0 Å². The summed E-state index contributed by atoms with van der Waals surface area (Å²) in [5.41, 5.74) is -0.749. The first-order valence-corrected chi connectivity index (χ1v) is 8.38. The number of nitrogens with zero attached hydrogens (tertiary/aromatic N) is 2. The van der Waals surface area contributed by atoms with Crippen LogP contribution in [0.5, 0.6) is 0 Å². The summed E-state index contributed by atoms with van der Waals surface area (Å²) < 4.78 is 0. The number of nitrogens with one attached hydrogen (secondary N) is 1. The van der Waals surface area contributed by atoms with Crippen molar-refractivity contribution in [2.45, 2.75) is 64.1 Å². The van der Waals surface area contributed by atoms with Crippen molar-refractivity contribution >= 4 is 5.97 Å². The predicted octanol–water partition coefficient (Wildman–Crippen LogP) is 1.39. The molecule has 2 aliphatic rings. The molecule has 1 saturated carbocycles. The maximum atomic E-state index is 11.5. The van der Waals surface area contributed by atoms with E-state index in [0.29, 0.717) is 18.5 Å². The van der Waals surface area contributed by atoms with Crippen LogP contribution < -0.4 is 5.32 Å². The summed E-state index contributed by atoms with van der Waals surface area (Å²) in [6.07, 6.45) is 3.91. The van der Waals surface area contributed by atoms with E-state index in [4.69, 9.17) is 0 Å². The zero-order valence-corrected chi connectivity index (χ0v) is 13.8. The molecule has 0 aromatic rings. The quantitative estimate of drug-likeness (QED) is 0.709. The lowest BCUT2D eigenvalue weighted by molar-refractivity contribution is -0.144. The summed E-state index contributed by atoms with van der Waals surface area (Å²) in [5.74, 6) is -0.709. The van der Waals surface area contributed by atoms with Gasteiger partial charge in [0.05, 0.1) is 0 Å². The van der Waals surface area contributed by atoms with Crippen molar-refractivity contribution in [3.63, 3.8) is 0 Å². The lowest BCUT2D eigenvalue weighted by Crippen LogP contribution is -2.52. The van der Waals surface area contributed by atoms with Crippen molar-refractivity contribution in [1.82, 2.24) is 15.1 Å². The zero-order chi connectivity index (χ0) is 15.5. The van der Waals surface area contributed by atoms with Gasteiger partial charge in [-0.05, 0) is 53.0 Å². The molecule has 5 heteroatoms. The largest absolute Gasteiger partial charge is 0.480 e. The molecule has 1 atom stereocenters. The minimum absolute atomic E-state index is 0.431. The molecule has 0 amide bonds. The van der Waals surface area contributed by atoms with Crippen LogP contribution in [0, 0.1) is 0 Å². The molecule has 2 rings (SSSR count). The summed E-state index contributed by atoms with van der Waals surface area (Å²) in [5, 5.41) is 12.8. The zero-order valence-electron chi connectivity index (χ0n) is 13.8. The van der Waals surface area contributed by atoms with E-state index < -0.39 is 11.5 Å². The topological polar surface area (TPSA) is 55.8 Å². The third-order valence-electron chi connectivity index (χ3n) is 4.86. The van der Waals surface area contributed by atoms with E-state index in [-0.39, 0.29) is 0 Å². The number of carbonyl (C=O) groups is 1. The maximum absolute atomic E-state index is 11.5. The van der Waals surface area contributed by atoms with Gasteiger partial charge >= 0.3 is 5.97 Å². The van der Waals surface area contributed by atoms with Crippen molar-refractivity contribution in [3.05, 3.63) is 0 Å². The Kier molecular flexibility index (Phi) is 5.63. The Labute approximate surface area is 128 Å². The van der Waals surface area contributed by atoms with E-state index >= 15 is 0 Å². The van der Waals surface area contributed by atoms with Crippen molar-refractivity contribution < 1.29 is 9.90 Å². The van der Waals surface area contributed by atoms with Gasteiger partial charge in [-0.2, -0.15) is 0 Å². The molecule has 1 aliphatic carbocycles. The van der Waals surface area contributed by atoms with E-state index in [1.807, 2.05) is 6.92 Å². The van der Waals surface area contributed by atoms with Crippen LogP contribution in [-0.4, -0.2) is 71.2 Å². The number of carboxylic acids is 1. The average Bonchev–Trinajstić information content (AvgIpc) is 3.23. The predicted molar refractivity (Wildman–Crippen MR) is 84.6 cm³/mol. The van der Waals surface area contributed by atoms with Crippen molar-refractivity contribution in [2.75, 3.05) is 32.7 Å². The molecule has 122 valence electrons. The smallest absolute Gasteiger partial charge is 0.323 e. The highest BCUT2D eigenvalue weighted by Crippen LogP contribution is 2.25. The minimum atomic E-state index is -0.749. The molecular weight excluding hydrogens is 266 g/mol. The Morgan fingerprint density at radius 2 is 1.90 bits per heavy atom. The molecule has 0 aromatic carbocycles. The maximum Gasteiger partial charge on any atom is 0.323 e. The van der Waals surface area contributed by atoms with E-state index in [9.17, 15) is 9.90 Å². The van der Waals surface area contributed by atoms with Gasteiger partial charge < -0.3 is 10.0 Å². The van der Waals surface area contributed by atoms with Gasteiger partial charge in [0, 0.05) is 38.3 Å². The molecule has 2 fully saturated rings. The standard InChI is InChI=1S/C16H31N3O2/c1-13(2)19-11-9-18(10-12-19)8-4-7-16(3,15(20)21)17-14-5-6-14/h13-14,17H,4-12H2,1-3H3,(H,20,21). The van der Waals surface area contributed by atoms with Gasteiger partial charge in [0.1, 0.15) is 5.54 Å². The summed E-state index contributed by atoms with van der Waals surface area (Å²) >= 11 is 0. The summed E-state index contributed by atoms with van der Waals surface area (Å²) in [7, 11) is 0. The first-order chi connectivity index (χ1) is 9.90. The average molecular weight is 297 g/mol. The fraction of sp³-hybridized carbons (Fsp3) is 0.938. The van der Waals surface area contributed by atoms with Crippen LogP contribution in [0.3, 0.4) is 0 Å². The number of hydrogen-bond donors (Lipinski definition) is 2. The van der Waals surface area contributed by atoms with Gasteiger partial charge in [0.15, 0.2) is 0 Å². The molecular formula is C16H31N3O2. The van der Waals surface area contributed by atoms with Gasteiger partial charge in [-0.3, -0.25) is 15.0 Å². The first kappa shape index (κ1) is 16.7. The molecule has 0 aromatic heterocycles. The molecule has 0 radical (unpaired) electrons. The van der Waals surface area contributed by atoms with E-state index in [0.717, 1.165) is 52.0 Å². The van der Waals surface area contributed by atoms with Crippen LogP contribution >= 0.6 is 0 Å². The SMILES string of the molecule is CC(C)N1CCN(CCCC(C)(NC2CC2)C(=O)O)CC1. The highest BCUT2D eigenvalue weighted by Gasteiger charge is 2.38. The second kappa shape index (κ2) is 7.07. The fourth-order valence-corrected chi connectivity index (χ4v) is 3.08. The number of rotatable bonds is 8. The van der Waals surface area contributed by atoms with Gasteiger partial charge in [-0.1, -0.05) is 0 Å². The van der Waals surface area contributed by atoms with Gasteiger partial charge in [0.25, 0.3) is 0 Å². The summed E-state index contributed by atoms with van der Waals surface area (Å²) in [6, 6.07) is 1.06. The molecule has 5 nitrogen and oxygen atoms in total. The minimum Gasteiger partial charge on any atom is -0.480 e. The monoisotopic (exact) mass is 297 g/mol. The van der Waals surface area contributed by atoms with Gasteiger partial charge in [-0.15, -0.1) is 0 Å². The van der Waals surface area contributed by atoms with Crippen LogP contribution in [0.25, 0.3) is 0 Å². The molecule has 2 N–H and O–H groups in total. The van der Waals surface area contributed by atoms with Crippen LogP contribution in [-0.2, 0) is 4.79 Å². The molecule has 0 spiro atoms. The van der Waals surface area contributed by atoms with Crippen LogP contribution in [0.1, 0.15) is 46.5 Å². The molecule has 1 saturated heterocycles. The highest BCUT2D eigenvalue weighted by molar-refractivity contribution is 5.78. The Balaban J connectivity index is 1.69. The molecule has 1 aliphatic heterocycles. The molecule has 21 heavy (non-hydrogen) atoms. The third kappa shape index (κ3) is 4.94. The lowest BCUT2D eigenvalue weighted by atomic mass is 9.95. The number of carboxylic acid groups (broad SMARTS) is 1. The number of piperazine rings is 1. The van der Waals surface area contributed by atoms with Crippen molar-refractivity contribution in [3.8, 4) is 0 Å². The Morgan fingerprint density at radius 3 is 2.38 bits per heavy atom. The normalized spacial score (nSPS) is 24.2. The Bertz CT molecular complexity index is 349. The third-order valence-corrected chi connectivity index (χ3v) is 4.86. The van der Waals surface area contributed by atoms with Crippen LogP contribution in [0.2, 0.25) is 0 Å². The Hall–Kier alpha value is -0.650. The Morgan fingerprint density at radius 1 is 1.29 bits per heavy atom. The van der Waals surface area contributed by atoms with Crippen molar-refractivity contribution in [1.29, 1.82) is 0 Å². The van der Waals surface area contributed by atoms with E-state index in [1.54, 1.807) is 0 Å². The molecule has 0 bridgehead atoms. The molecule has 1 unspecified atom stereocenters. The van der Waals surface area contributed by atoms with Crippen molar-refractivity contribution in [2.24, 2.45) is 0 Å². The van der Waals surface area contributed by atoms with Crippen LogP contribution in [0.4, 0.5) is 0 Å². The summed E-state index contributed by atoms with van der Waals surface area (Å²) in [4.78, 5) is 16.5. The number of aliphatic carboxylic acids is 1. The second-order valence-electron chi connectivity index (χ2n) is 7.13. The van der Waals surface area contributed by atoms with E-state index in [2.05, 4.69) is 29.0 Å². The van der Waals surface area contributed by atoms with Gasteiger partial charge in [-0.25, -0.2) is 0 Å².